The van der Waals surface area contributed by atoms with E-state index in [9.17, 15) is 0 Å². The van der Waals surface area contributed by atoms with Crippen LogP contribution in [0.4, 0.5) is 11.6 Å². The van der Waals surface area contributed by atoms with Gasteiger partial charge in [0, 0.05) is 28.5 Å². The first-order valence-electron chi connectivity index (χ1n) is 9.70. The van der Waals surface area contributed by atoms with Gasteiger partial charge < -0.3 is 10.6 Å². The number of rotatable bonds is 6. The first kappa shape index (κ1) is 22.8. The zero-order valence-corrected chi connectivity index (χ0v) is 20.9. The van der Waals surface area contributed by atoms with Crippen LogP contribution in [-0.2, 0) is 13.1 Å². The highest BCUT2D eigenvalue weighted by Gasteiger charge is 2.11. The Morgan fingerprint density at radius 3 is 2.56 bits per heavy atom. The fraction of sp³-hybridized carbons (Fsp3) is 0.136. The molecule has 0 unspecified atom stereocenters. The molecule has 6 nitrogen and oxygen atoms in total. The number of aryl methyl sites for hydroxylation is 1. The lowest BCUT2D eigenvalue weighted by Gasteiger charge is -2.08. The molecule has 0 saturated carbocycles. The number of nitrogens with zero attached hydrogens (tertiary/aromatic N) is 4. The van der Waals surface area contributed by atoms with Gasteiger partial charge in [0.1, 0.15) is 0 Å². The predicted octanol–water partition coefficient (Wildman–Crippen LogP) is 6.36. The molecule has 10 heteroatoms. The van der Waals surface area contributed by atoms with E-state index < -0.39 is 0 Å². The van der Waals surface area contributed by atoms with Crippen molar-refractivity contribution in [2.75, 3.05) is 10.6 Å². The molecule has 0 radical (unpaired) electrons. The molecule has 32 heavy (non-hydrogen) atoms. The smallest absolute Gasteiger partial charge is 0.177 e. The summed E-state index contributed by atoms with van der Waals surface area (Å²) in [6.07, 6.45) is 3.77. The maximum atomic E-state index is 6.27. The SMILES string of the molecule is Cc1ccccc1Cn1ccc(NC(=S)Nc2nn(Cc3ccc(Cl)cc3Cl)cc2Br)n1. The molecular weight excluding hydrogens is 531 g/mol. The summed E-state index contributed by atoms with van der Waals surface area (Å²) in [5.74, 6) is 1.24. The number of nitrogens with one attached hydrogen (secondary N) is 2. The summed E-state index contributed by atoms with van der Waals surface area (Å²) in [6, 6.07) is 15.5. The highest BCUT2D eigenvalue weighted by Crippen LogP contribution is 2.24. The summed E-state index contributed by atoms with van der Waals surface area (Å²) >= 11 is 21.2. The van der Waals surface area contributed by atoms with Crippen molar-refractivity contribution >= 4 is 68.1 Å². The van der Waals surface area contributed by atoms with Crippen molar-refractivity contribution in [1.29, 1.82) is 0 Å². The fourth-order valence-corrected chi connectivity index (χ4v) is 4.21. The minimum Gasteiger partial charge on any atom is -0.316 e. The molecule has 0 atom stereocenters. The zero-order chi connectivity index (χ0) is 22.7. The van der Waals surface area contributed by atoms with E-state index in [-0.39, 0.29) is 0 Å². The van der Waals surface area contributed by atoms with Gasteiger partial charge in [-0.05, 0) is 63.9 Å². The monoisotopic (exact) mass is 548 g/mol. The van der Waals surface area contributed by atoms with Crippen LogP contribution in [0.1, 0.15) is 16.7 Å². The molecule has 0 aliphatic heterocycles. The lowest BCUT2D eigenvalue weighted by atomic mass is 10.1. The summed E-state index contributed by atoms with van der Waals surface area (Å²) in [5, 5.41) is 16.9. The second-order valence-corrected chi connectivity index (χ2v) is 9.27. The van der Waals surface area contributed by atoms with E-state index in [0.29, 0.717) is 39.9 Å². The van der Waals surface area contributed by atoms with Gasteiger partial charge in [0.05, 0.1) is 17.6 Å². The summed E-state index contributed by atoms with van der Waals surface area (Å²) < 4.78 is 4.41. The van der Waals surface area contributed by atoms with Crippen molar-refractivity contribution in [3.05, 3.63) is 92.1 Å². The Hall–Kier alpha value is -2.39. The van der Waals surface area contributed by atoms with Crippen LogP contribution >= 0.6 is 51.3 Å². The maximum Gasteiger partial charge on any atom is 0.177 e. The van der Waals surface area contributed by atoms with E-state index in [2.05, 4.69) is 55.8 Å². The molecule has 2 N–H and O–H groups in total. The Bertz CT molecular complexity index is 1270. The number of aromatic nitrogens is 4. The molecule has 0 amide bonds. The summed E-state index contributed by atoms with van der Waals surface area (Å²) in [4.78, 5) is 0. The van der Waals surface area contributed by atoms with Gasteiger partial charge in [-0.2, -0.15) is 10.2 Å². The molecule has 4 aromatic rings. The van der Waals surface area contributed by atoms with Crippen molar-refractivity contribution in [2.45, 2.75) is 20.0 Å². The van der Waals surface area contributed by atoms with Crippen LogP contribution in [0.3, 0.4) is 0 Å². The second-order valence-electron chi connectivity index (χ2n) is 7.16. The van der Waals surface area contributed by atoms with E-state index in [1.807, 2.05) is 41.3 Å². The van der Waals surface area contributed by atoms with E-state index in [1.54, 1.807) is 16.8 Å². The molecule has 4 rings (SSSR count). The van der Waals surface area contributed by atoms with Gasteiger partial charge >= 0.3 is 0 Å². The largest absolute Gasteiger partial charge is 0.316 e. The van der Waals surface area contributed by atoms with Crippen LogP contribution in [0, 0.1) is 6.92 Å². The lowest BCUT2D eigenvalue weighted by molar-refractivity contribution is 0.687. The van der Waals surface area contributed by atoms with Crippen molar-refractivity contribution < 1.29 is 0 Å². The van der Waals surface area contributed by atoms with Crippen LogP contribution in [0.15, 0.2) is 65.4 Å². The zero-order valence-electron chi connectivity index (χ0n) is 17.0. The van der Waals surface area contributed by atoms with Gasteiger partial charge in [-0.3, -0.25) is 9.36 Å². The van der Waals surface area contributed by atoms with Crippen molar-refractivity contribution in [1.82, 2.24) is 19.6 Å². The summed E-state index contributed by atoms with van der Waals surface area (Å²) in [6.45, 7) is 3.28. The quantitative estimate of drug-likeness (QED) is 0.274. The molecule has 0 aliphatic rings. The minimum absolute atomic E-state index is 0.390. The van der Waals surface area contributed by atoms with Crippen LogP contribution < -0.4 is 10.6 Å². The number of anilines is 2. The van der Waals surface area contributed by atoms with E-state index in [1.165, 1.54) is 11.1 Å². The van der Waals surface area contributed by atoms with Crippen LogP contribution in [0.5, 0.6) is 0 Å². The normalized spacial score (nSPS) is 10.9. The van der Waals surface area contributed by atoms with E-state index >= 15 is 0 Å². The molecule has 2 aromatic carbocycles. The second kappa shape index (κ2) is 10.0. The number of thiocarbonyl (C=S) groups is 1. The molecule has 0 spiro atoms. The van der Waals surface area contributed by atoms with E-state index in [4.69, 9.17) is 35.4 Å². The topological polar surface area (TPSA) is 59.7 Å². The Labute approximate surface area is 209 Å². The van der Waals surface area contributed by atoms with Crippen molar-refractivity contribution in [3.63, 3.8) is 0 Å². The molecule has 0 bridgehead atoms. The number of hydrogen-bond donors (Lipinski definition) is 2. The molecule has 0 saturated heterocycles. The third-order valence-electron chi connectivity index (χ3n) is 4.77. The average molecular weight is 550 g/mol. The lowest BCUT2D eigenvalue weighted by Crippen LogP contribution is -2.20. The summed E-state index contributed by atoms with van der Waals surface area (Å²) in [5.41, 5.74) is 3.37. The van der Waals surface area contributed by atoms with Gasteiger partial charge in [0.25, 0.3) is 0 Å². The minimum atomic E-state index is 0.390. The van der Waals surface area contributed by atoms with Gasteiger partial charge in [0.15, 0.2) is 16.7 Å². The molecule has 2 heterocycles. The molecule has 0 fully saturated rings. The maximum absolute atomic E-state index is 6.27. The van der Waals surface area contributed by atoms with Crippen molar-refractivity contribution in [2.24, 2.45) is 0 Å². The van der Waals surface area contributed by atoms with Crippen LogP contribution in [0.2, 0.25) is 10.0 Å². The number of halogens is 3. The number of benzene rings is 2. The Morgan fingerprint density at radius 1 is 1.00 bits per heavy atom. The highest BCUT2D eigenvalue weighted by atomic mass is 79.9. The van der Waals surface area contributed by atoms with Gasteiger partial charge in [0.2, 0.25) is 0 Å². The predicted molar refractivity (Wildman–Crippen MR) is 138 cm³/mol. The Balaban J connectivity index is 1.37. The third-order valence-corrected chi connectivity index (χ3v) is 6.14. The molecule has 164 valence electrons. The Kier molecular flexibility index (Phi) is 7.15. The van der Waals surface area contributed by atoms with Crippen LogP contribution in [0.25, 0.3) is 0 Å². The summed E-state index contributed by atoms with van der Waals surface area (Å²) in [7, 11) is 0. The van der Waals surface area contributed by atoms with Gasteiger partial charge in [-0.1, -0.05) is 53.5 Å². The van der Waals surface area contributed by atoms with Gasteiger partial charge in [-0.15, -0.1) is 0 Å². The number of hydrogen-bond acceptors (Lipinski definition) is 3. The first-order chi connectivity index (χ1) is 15.4. The highest BCUT2D eigenvalue weighted by molar-refractivity contribution is 9.10. The molecule has 0 aliphatic carbocycles. The molecular formula is C22H19BrCl2N6S. The van der Waals surface area contributed by atoms with Gasteiger partial charge in [-0.25, -0.2) is 0 Å². The first-order valence-corrected chi connectivity index (χ1v) is 11.7. The third kappa shape index (κ3) is 5.69. The standard InChI is InChI=1S/C22H19BrCl2N6S/c1-14-4-2-3-5-15(14)11-30-9-8-20(28-30)26-22(32)27-21-18(23)13-31(29-21)12-16-6-7-17(24)10-19(16)25/h2-10,13H,11-12H2,1H3,(H2,26,27,28,29,32). The molecule has 2 aromatic heterocycles. The Morgan fingerprint density at radius 2 is 1.78 bits per heavy atom. The van der Waals surface area contributed by atoms with Crippen LogP contribution in [-0.4, -0.2) is 24.7 Å². The average Bonchev–Trinajstić information content (AvgIpc) is 3.32. The van der Waals surface area contributed by atoms with E-state index in [0.717, 1.165) is 10.0 Å². The fourth-order valence-electron chi connectivity index (χ4n) is 3.12. The van der Waals surface area contributed by atoms with Crippen molar-refractivity contribution in [3.8, 4) is 0 Å².